The van der Waals surface area contributed by atoms with Crippen LogP contribution in [0.2, 0.25) is 0 Å². The Morgan fingerprint density at radius 2 is 0.855 bits per heavy atom. The lowest BCUT2D eigenvalue weighted by Crippen LogP contribution is -2.46. The second kappa shape index (κ2) is 49.6. The molecule has 0 heterocycles. The van der Waals surface area contributed by atoms with E-state index in [1.165, 1.54) is 128 Å². The van der Waals surface area contributed by atoms with Gasteiger partial charge < -0.3 is 20.3 Å². The Morgan fingerprint density at radius 3 is 1.26 bits per heavy atom. The number of ether oxygens (including phenoxy) is 1. The van der Waals surface area contributed by atoms with Crippen LogP contribution in [-0.4, -0.2) is 46.9 Å². The summed E-state index contributed by atoms with van der Waals surface area (Å²) in [7, 11) is 0. The van der Waals surface area contributed by atoms with Crippen LogP contribution < -0.4 is 5.32 Å². The van der Waals surface area contributed by atoms with Crippen LogP contribution in [0.5, 0.6) is 0 Å². The van der Waals surface area contributed by atoms with Crippen molar-refractivity contribution in [3.8, 4) is 0 Å². The van der Waals surface area contributed by atoms with Gasteiger partial charge in [-0.3, -0.25) is 9.59 Å². The van der Waals surface area contributed by atoms with Gasteiger partial charge in [-0.15, -0.1) is 0 Å². The maximum atomic E-state index is 13.2. The summed E-state index contributed by atoms with van der Waals surface area (Å²) in [4.78, 5) is 26.2. The second-order valence-corrected chi connectivity index (χ2v) is 17.9. The molecule has 1 amide bonds. The van der Waals surface area contributed by atoms with Crippen molar-refractivity contribution in [3.05, 3.63) is 60.8 Å². The van der Waals surface area contributed by atoms with Gasteiger partial charge in [0.05, 0.1) is 25.2 Å². The molecule has 3 N–H and O–H groups in total. The molecule has 62 heavy (non-hydrogen) atoms. The van der Waals surface area contributed by atoms with E-state index in [1.807, 2.05) is 0 Å². The van der Waals surface area contributed by atoms with Crippen LogP contribution in [-0.2, 0) is 14.3 Å². The lowest BCUT2D eigenvalue weighted by Gasteiger charge is -2.24. The third-order valence-electron chi connectivity index (χ3n) is 11.9. The van der Waals surface area contributed by atoms with E-state index in [4.69, 9.17) is 4.74 Å². The molecular formula is C56H101NO5. The summed E-state index contributed by atoms with van der Waals surface area (Å²) in [5.41, 5.74) is 0. The molecular weight excluding hydrogens is 767 g/mol. The number of rotatable bonds is 47. The molecule has 0 aromatic carbocycles. The number of hydrogen-bond acceptors (Lipinski definition) is 5. The summed E-state index contributed by atoms with van der Waals surface area (Å²) in [5.74, 6) is -0.536. The van der Waals surface area contributed by atoms with Crippen molar-refractivity contribution < 1.29 is 24.5 Å². The van der Waals surface area contributed by atoms with E-state index in [9.17, 15) is 19.8 Å². The smallest absolute Gasteiger partial charge is 0.306 e. The largest absolute Gasteiger partial charge is 0.462 e. The van der Waals surface area contributed by atoms with Crippen molar-refractivity contribution >= 4 is 11.9 Å². The predicted molar refractivity (Wildman–Crippen MR) is 268 cm³/mol. The molecule has 6 nitrogen and oxygen atoms in total. The van der Waals surface area contributed by atoms with Gasteiger partial charge in [0.2, 0.25) is 5.91 Å². The van der Waals surface area contributed by atoms with Crippen LogP contribution in [0.15, 0.2) is 60.8 Å². The number of aliphatic hydroxyl groups excluding tert-OH is 2. The number of nitrogens with one attached hydrogen (secondary N) is 1. The van der Waals surface area contributed by atoms with Crippen LogP contribution in [0, 0.1) is 0 Å². The van der Waals surface area contributed by atoms with E-state index in [-0.39, 0.29) is 24.9 Å². The Labute approximate surface area is 384 Å². The predicted octanol–water partition coefficient (Wildman–Crippen LogP) is 16.0. The highest BCUT2D eigenvalue weighted by molar-refractivity contribution is 5.77. The Hall–Kier alpha value is -2.44. The normalized spacial score (nSPS) is 13.7. The fourth-order valence-corrected chi connectivity index (χ4v) is 7.88. The quantitative estimate of drug-likeness (QED) is 0.0322. The topological polar surface area (TPSA) is 95.9 Å². The lowest BCUT2D eigenvalue weighted by molar-refractivity contribution is -0.151. The van der Waals surface area contributed by atoms with Crippen molar-refractivity contribution in [2.24, 2.45) is 0 Å². The average molecular weight is 868 g/mol. The van der Waals surface area contributed by atoms with E-state index < -0.39 is 18.2 Å². The highest BCUT2D eigenvalue weighted by Crippen LogP contribution is 2.18. The van der Waals surface area contributed by atoms with E-state index in [2.05, 4.69) is 86.8 Å². The van der Waals surface area contributed by atoms with Crippen LogP contribution in [0.4, 0.5) is 0 Å². The zero-order valence-corrected chi connectivity index (χ0v) is 41.0. The van der Waals surface area contributed by atoms with E-state index in [0.29, 0.717) is 25.7 Å². The van der Waals surface area contributed by atoms with Gasteiger partial charge in [0.25, 0.3) is 0 Å². The highest BCUT2D eigenvalue weighted by Gasteiger charge is 2.24. The number of amides is 1. The molecule has 0 spiro atoms. The van der Waals surface area contributed by atoms with Crippen molar-refractivity contribution in [2.45, 2.75) is 277 Å². The summed E-state index contributed by atoms with van der Waals surface area (Å²) in [6, 6.07) is -0.712. The van der Waals surface area contributed by atoms with Crippen LogP contribution in [0.1, 0.15) is 258 Å². The van der Waals surface area contributed by atoms with Gasteiger partial charge in [-0.25, -0.2) is 0 Å². The Bertz CT molecular complexity index is 1110. The minimum Gasteiger partial charge on any atom is -0.462 e. The van der Waals surface area contributed by atoms with Crippen LogP contribution in [0.3, 0.4) is 0 Å². The zero-order chi connectivity index (χ0) is 45.2. The molecule has 6 heteroatoms. The van der Waals surface area contributed by atoms with E-state index >= 15 is 0 Å². The summed E-state index contributed by atoms with van der Waals surface area (Å²) in [6.07, 6.45) is 61.4. The summed E-state index contributed by atoms with van der Waals surface area (Å²) < 4.78 is 5.91. The first kappa shape index (κ1) is 59.6. The van der Waals surface area contributed by atoms with Crippen LogP contribution in [0.25, 0.3) is 0 Å². The molecule has 0 aromatic heterocycles. The Morgan fingerprint density at radius 1 is 0.484 bits per heavy atom. The highest BCUT2D eigenvalue weighted by atomic mass is 16.5. The third kappa shape index (κ3) is 44.2. The number of carbonyl (C=O) groups is 2. The fourth-order valence-electron chi connectivity index (χ4n) is 7.88. The first-order valence-corrected chi connectivity index (χ1v) is 26.5. The summed E-state index contributed by atoms with van der Waals surface area (Å²) in [6.45, 7) is 6.37. The molecule has 0 saturated carbocycles. The monoisotopic (exact) mass is 868 g/mol. The maximum Gasteiger partial charge on any atom is 0.306 e. The van der Waals surface area contributed by atoms with Crippen molar-refractivity contribution in [1.29, 1.82) is 0 Å². The molecule has 360 valence electrons. The molecule has 0 aliphatic rings. The van der Waals surface area contributed by atoms with E-state index in [0.717, 1.165) is 77.0 Å². The van der Waals surface area contributed by atoms with Gasteiger partial charge in [-0.1, -0.05) is 242 Å². The standard InChI is InChI=1S/C56H101NO5/c1-4-7-10-13-16-19-22-25-27-28-29-31-34-37-40-43-46-49-56(61)62-52(47-44-41-38-35-32-30-26-23-20-17-14-11-8-5-2)50-55(60)57-53(51-58)54(59)48-45-42-39-36-33-24-21-18-15-12-9-6-3/h7,10,16,19,25,27,29,31,37,40,52-54,58-59H,4-6,8-9,11-15,17-18,20-24,26,28,30,32-36,38-39,41-51H2,1-3H3,(H,57,60)/b10-7-,19-16-,27-25-,31-29-,40-37-. The molecule has 0 aromatic rings. The molecule has 0 aliphatic heterocycles. The van der Waals surface area contributed by atoms with E-state index in [1.54, 1.807) is 0 Å². The minimum atomic E-state index is -0.796. The zero-order valence-electron chi connectivity index (χ0n) is 41.0. The third-order valence-corrected chi connectivity index (χ3v) is 11.9. The number of carbonyl (C=O) groups excluding carboxylic acids is 2. The van der Waals surface area contributed by atoms with Crippen molar-refractivity contribution in [2.75, 3.05) is 6.61 Å². The maximum absolute atomic E-state index is 13.2. The summed E-state index contributed by atoms with van der Waals surface area (Å²) in [5, 5.41) is 23.8. The Kier molecular flexibility index (Phi) is 47.6. The number of hydrogen-bond donors (Lipinski definition) is 3. The minimum absolute atomic E-state index is 0.0563. The van der Waals surface area contributed by atoms with Gasteiger partial charge in [-0.05, 0) is 64.2 Å². The fraction of sp³-hybridized carbons (Fsp3) is 0.786. The molecule has 0 radical (unpaired) electrons. The SMILES string of the molecule is CC/C=C\C/C=C\C/C=C\C/C=C\C/C=C\CCCC(=O)OC(CCCCCCCCCCCCCCCC)CC(=O)NC(CO)C(O)CCCCCCCCCCCCCC. The molecule has 3 unspecified atom stereocenters. The molecule has 0 fully saturated rings. The number of aliphatic hydroxyl groups is 2. The molecule has 3 atom stereocenters. The summed E-state index contributed by atoms with van der Waals surface area (Å²) >= 11 is 0. The van der Waals surface area contributed by atoms with Gasteiger partial charge in [0.15, 0.2) is 0 Å². The number of unbranched alkanes of at least 4 members (excludes halogenated alkanes) is 25. The Balaban J connectivity index is 4.66. The van der Waals surface area contributed by atoms with Gasteiger partial charge in [0, 0.05) is 6.42 Å². The van der Waals surface area contributed by atoms with Crippen molar-refractivity contribution in [3.63, 3.8) is 0 Å². The van der Waals surface area contributed by atoms with Crippen LogP contribution >= 0.6 is 0 Å². The first-order valence-electron chi connectivity index (χ1n) is 26.5. The second-order valence-electron chi connectivity index (χ2n) is 17.9. The number of esters is 1. The van der Waals surface area contributed by atoms with Gasteiger partial charge in [0.1, 0.15) is 6.10 Å². The first-order chi connectivity index (χ1) is 30.5. The van der Waals surface area contributed by atoms with Gasteiger partial charge >= 0.3 is 5.97 Å². The molecule has 0 aliphatic carbocycles. The molecule has 0 saturated heterocycles. The average Bonchev–Trinajstić information content (AvgIpc) is 3.26. The van der Waals surface area contributed by atoms with Crippen molar-refractivity contribution in [1.82, 2.24) is 5.32 Å². The molecule has 0 bridgehead atoms. The lowest BCUT2D eigenvalue weighted by atomic mass is 10.0. The number of allylic oxidation sites excluding steroid dienone is 10. The van der Waals surface area contributed by atoms with Gasteiger partial charge in [-0.2, -0.15) is 0 Å². The molecule has 0 rings (SSSR count).